The van der Waals surface area contributed by atoms with Gasteiger partial charge in [-0.25, -0.2) is 0 Å². The molecule has 0 atom stereocenters. The van der Waals surface area contributed by atoms with Crippen LogP contribution in [0.1, 0.15) is 44.3 Å². The molecule has 1 saturated carbocycles. The molecule has 1 amide bonds. The summed E-state index contributed by atoms with van der Waals surface area (Å²) in [7, 11) is 0. The predicted octanol–water partition coefficient (Wildman–Crippen LogP) is 2.40. The van der Waals surface area contributed by atoms with Crippen molar-refractivity contribution >= 4 is 5.91 Å². The van der Waals surface area contributed by atoms with E-state index in [9.17, 15) is 4.79 Å². The second-order valence-electron chi connectivity index (χ2n) is 4.80. The molecule has 1 aliphatic carbocycles. The Morgan fingerprint density at radius 2 is 2.11 bits per heavy atom. The van der Waals surface area contributed by atoms with E-state index in [1.54, 1.807) is 13.0 Å². The lowest BCUT2D eigenvalue weighted by atomic mass is 9.96. The highest BCUT2D eigenvalue weighted by Gasteiger charge is 2.40. The summed E-state index contributed by atoms with van der Waals surface area (Å²) < 4.78 is 5.04. The van der Waals surface area contributed by atoms with Crippen LogP contribution in [0.15, 0.2) is 28.8 Å². The van der Waals surface area contributed by atoms with Crippen LogP contribution in [-0.2, 0) is 10.3 Å². The van der Waals surface area contributed by atoms with E-state index in [2.05, 4.69) is 15.5 Å². The van der Waals surface area contributed by atoms with E-state index in [1.807, 2.05) is 19.1 Å². The van der Waals surface area contributed by atoms with Crippen molar-refractivity contribution in [2.75, 3.05) is 0 Å². The van der Waals surface area contributed by atoms with E-state index in [0.29, 0.717) is 11.7 Å². The number of nitrogens with one attached hydrogen (secondary N) is 1. The summed E-state index contributed by atoms with van der Waals surface area (Å²) in [5.41, 5.74) is -0.463. The Labute approximate surface area is 112 Å². The first-order valence-electron chi connectivity index (χ1n) is 6.58. The lowest BCUT2D eigenvalue weighted by Gasteiger charge is -2.25. The maximum absolute atomic E-state index is 11.9. The molecule has 1 heterocycles. The molecule has 0 radical (unpaired) electrons. The summed E-state index contributed by atoms with van der Waals surface area (Å²) in [6, 6.07) is 0. The lowest BCUT2D eigenvalue weighted by Crippen LogP contribution is -2.44. The molecule has 1 aromatic rings. The van der Waals surface area contributed by atoms with Crippen molar-refractivity contribution in [3.05, 3.63) is 36.0 Å². The molecule has 1 N–H and O–H groups in total. The first kappa shape index (κ1) is 13.5. The zero-order valence-corrected chi connectivity index (χ0v) is 11.3. The maximum Gasteiger partial charge on any atom is 0.244 e. The number of amides is 1. The van der Waals surface area contributed by atoms with Crippen LogP contribution in [-0.4, -0.2) is 16.0 Å². The molecule has 19 heavy (non-hydrogen) atoms. The Hall–Kier alpha value is -1.91. The highest BCUT2D eigenvalue weighted by molar-refractivity contribution is 5.88. The number of nitrogens with zero attached hydrogens (tertiary/aromatic N) is 2. The number of rotatable bonds is 4. The Kier molecular flexibility index (Phi) is 4.14. The summed E-state index contributed by atoms with van der Waals surface area (Å²) >= 11 is 0. The van der Waals surface area contributed by atoms with Crippen molar-refractivity contribution < 1.29 is 9.32 Å². The smallest absolute Gasteiger partial charge is 0.244 e. The fourth-order valence-electron chi connectivity index (χ4n) is 2.41. The highest BCUT2D eigenvalue weighted by atomic mass is 16.5. The number of hydrogen-bond acceptors (Lipinski definition) is 4. The van der Waals surface area contributed by atoms with Gasteiger partial charge in [0.25, 0.3) is 0 Å². The molecular weight excluding hydrogens is 242 g/mol. The van der Waals surface area contributed by atoms with Crippen LogP contribution in [0, 0.1) is 6.92 Å². The molecule has 0 bridgehead atoms. The van der Waals surface area contributed by atoms with Crippen LogP contribution < -0.4 is 5.32 Å². The second kappa shape index (κ2) is 5.82. The number of aromatic nitrogens is 2. The number of carbonyl (C=O) groups is 1. The van der Waals surface area contributed by atoms with Gasteiger partial charge >= 0.3 is 0 Å². The van der Waals surface area contributed by atoms with Crippen LogP contribution in [0.3, 0.4) is 0 Å². The Morgan fingerprint density at radius 1 is 1.37 bits per heavy atom. The zero-order chi connectivity index (χ0) is 13.7. The average Bonchev–Trinajstić information content (AvgIpc) is 2.99. The van der Waals surface area contributed by atoms with E-state index in [1.165, 1.54) is 6.08 Å². The van der Waals surface area contributed by atoms with Gasteiger partial charge in [0.05, 0.1) is 0 Å². The zero-order valence-electron chi connectivity index (χ0n) is 11.3. The summed E-state index contributed by atoms with van der Waals surface area (Å²) in [4.78, 5) is 16.2. The number of aryl methyl sites for hydroxylation is 1. The van der Waals surface area contributed by atoms with Crippen LogP contribution in [0.2, 0.25) is 0 Å². The molecule has 2 rings (SSSR count). The van der Waals surface area contributed by atoms with Crippen LogP contribution >= 0.6 is 0 Å². The van der Waals surface area contributed by atoms with Gasteiger partial charge in [-0.05, 0) is 19.8 Å². The van der Waals surface area contributed by atoms with Crippen molar-refractivity contribution in [2.45, 2.75) is 45.1 Å². The molecule has 1 aliphatic rings. The molecule has 1 aromatic heterocycles. The first-order valence-corrected chi connectivity index (χ1v) is 6.58. The van der Waals surface area contributed by atoms with Crippen molar-refractivity contribution in [1.82, 2.24) is 15.5 Å². The largest absolute Gasteiger partial charge is 0.340 e. The molecule has 0 unspecified atom stereocenters. The van der Waals surface area contributed by atoms with Gasteiger partial charge in [0.15, 0.2) is 5.82 Å². The van der Waals surface area contributed by atoms with E-state index >= 15 is 0 Å². The third-order valence-electron chi connectivity index (χ3n) is 3.33. The monoisotopic (exact) mass is 261 g/mol. The molecule has 0 spiro atoms. The van der Waals surface area contributed by atoms with Crippen molar-refractivity contribution in [3.63, 3.8) is 0 Å². The quantitative estimate of drug-likeness (QED) is 0.667. The minimum absolute atomic E-state index is 0.123. The number of allylic oxidation sites excluding steroid dienone is 3. The molecule has 1 fully saturated rings. The first-order chi connectivity index (χ1) is 9.16. The topological polar surface area (TPSA) is 68.0 Å². The molecule has 0 saturated heterocycles. The van der Waals surface area contributed by atoms with Gasteiger partial charge in [-0.3, -0.25) is 4.79 Å². The van der Waals surface area contributed by atoms with Gasteiger partial charge in [-0.2, -0.15) is 4.98 Å². The highest BCUT2D eigenvalue weighted by Crippen LogP contribution is 2.37. The predicted molar refractivity (Wildman–Crippen MR) is 71.3 cm³/mol. The molecule has 0 aromatic carbocycles. The van der Waals surface area contributed by atoms with Gasteiger partial charge in [-0.15, -0.1) is 0 Å². The van der Waals surface area contributed by atoms with E-state index in [0.717, 1.165) is 25.7 Å². The normalized spacial score (nSPS) is 18.4. The Morgan fingerprint density at radius 3 is 2.68 bits per heavy atom. The van der Waals surface area contributed by atoms with Gasteiger partial charge in [-0.1, -0.05) is 36.2 Å². The van der Waals surface area contributed by atoms with Crippen LogP contribution in [0.25, 0.3) is 0 Å². The second-order valence-corrected chi connectivity index (χ2v) is 4.80. The third-order valence-corrected chi connectivity index (χ3v) is 3.33. The average molecular weight is 261 g/mol. The van der Waals surface area contributed by atoms with Crippen LogP contribution in [0.5, 0.6) is 0 Å². The molecule has 0 aliphatic heterocycles. The molecule has 5 heteroatoms. The van der Waals surface area contributed by atoms with Crippen LogP contribution in [0.4, 0.5) is 0 Å². The molecule has 102 valence electrons. The number of carbonyl (C=O) groups excluding carboxylic acids is 1. The lowest BCUT2D eigenvalue weighted by molar-refractivity contribution is -0.118. The van der Waals surface area contributed by atoms with E-state index < -0.39 is 5.54 Å². The standard InChI is InChI=1S/C14H19N3O2/c1-3-4-5-8-12(18)16-14(9-6-7-10-14)13-15-11(2)19-17-13/h3-5,8H,6-7,9-10H2,1-2H3,(H,16,18)/b4-3+,8-5+. The van der Waals surface area contributed by atoms with Gasteiger partial charge in [0.1, 0.15) is 5.54 Å². The van der Waals surface area contributed by atoms with E-state index in [4.69, 9.17) is 4.52 Å². The van der Waals surface area contributed by atoms with E-state index in [-0.39, 0.29) is 5.91 Å². The summed E-state index contributed by atoms with van der Waals surface area (Å²) in [6.45, 7) is 3.66. The molecular formula is C14H19N3O2. The van der Waals surface area contributed by atoms with Crippen molar-refractivity contribution in [1.29, 1.82) is 0 Å². The Bertz CT molecular complexity index is 497. The minimum atomic E-state index is -0.463. The van der Waals surface area contributed by atoms with Crippen molar-refractivity contribution in [3.8, 4) is 0 Å². The fourth-order valence-corrected chi connectivity index (χ4v) is 2.41. The van der Waals surface area contributed by atoms with Gasteiger partial charge in [0, 0.05) is 13.0 Å². The third kappa shape index (κ3) is 3.10. The fraction of sp³-hybridized carbons (Fsp3) is 0.500. The van der Waals surface area contributed by atoms with Crippen molar-refractivity contribution in [2.24, 2.45) is 0 Å². The SMILES string of the molecule is C/C=C/C=C/C(=O)NC1(c2noc(C)n2)CCCC1. The Balaban J connectivity index is 2.14. The van der Waals surface area contributed by atoms with Gasteiger partial charge < -0.3 is 9.84 Å². The summed E-state index contributed by atoms with van der Waals surface area (Å²) in [6.07, 6.45) is 10.8. The minimum Gasteiger partial charge on any atom is -0.340 e. The summed E-state index contributed by atoms with van der Waals surface area (Å²) in [5.74, 6) is 0.998. The molecule has 5 nitrogen and oxygen atoms in total. The summed E-state index contributed by atoms with van der Waals surface area (Å²) in [5, 5.41) is 7.02. The maximum atomic E-state index is 11.9. The van der Waals surface area contributed by atoms with Gasteiger partial charge in [0.2, 0.25) is 11.8 Å². The number of hydrogen-bond donors (Lipinski definition) is 1.